The second kappa shape index (κ2) is 19.8. The van der Waals surface area contributed by atoms with Crippen molar-refractivity contribution in [1.82, 2.24) is 15.6 Å². The number of ether oxygens (including phenoxy) is 1. The minimum atomic E-state index is -0.506. The molecule has 0 aliphatic carbocycles. The highest BCUT2D eigenvalue weighted by Crippen LogP contribution is 2.13. The Hall–Kier alpha value is -1.18. The van der Waals surface area contributed by atoms with Gasteiger partial charge in [0, 0.05) is 30.2 Å². The van der Waals surface area contributed by atoms with Gasteiger partial charge in [-0.1, -0.05) is 76.0 Å². The van der Waals surface area contributed by atoms with E-state index in [1.807, 2.05) is 5.38 Å². The Morgan fingerprint density at radius 3 is 2.20 bits per heavy atom. The Bertz CT molecular complexity index is 479. The number of aliphatic hydroxyl groups excluding tert-OH is 1. The van der Waals surface area contributed by atoms with Gasteiger partial charge in [0.05, 0.1) is 0 Å². The van der Waals surface area contributed by atoms with E-state index >= 15 is 0 Å². The maximum Gasteiger partial charge on any atom is 0.273 e. The van der Waals surface area contributed by atoms with Crippen molar-refractivity contribution in [3.05, 3.63) is 11.6 Å². The van der Waals surface area contributed by atoms with Crippen LogP contribution in [0.2, 0.25) is 0 Å². The maximum absolute atomic E-state index is 9.95. The van der Waals surface area contributed by atoms with E-state index in [-0.39, 0.29) is 12.1 Å². The maximum atomic E-state index is 9.95. The Balaban J connectivity index is 0.000000561. The Morgan fingerprint density at radius 1 is 1.10 bits per heavy atom. The van der Waals surface area contributed by atoms with Crippen LogP contribution in [0.15, 0.2) is 11.6 Å². The smallest absolute Gasteiger partial charge is 0.273 e. The zero-order chi connectivity index (χ0) is 22.5. The van der Waals surface area contributed by atoms with Crippen molar-refractivity contribution in [2.75, 3.05) is 19.7 Å². The van der Waals surface area contributed by atoms with Gasteiger partial charge < -0.3 is 20.5 Å². The second-order valence-corrected chi connectivity index (χ2v) is 9.50. The van der Waals surface area contributed by atoms with Gasteiger partial charge >= 0.3 is 0 Å². The molecule has 0 saturated carbocycles. The minimum Gasteiger partial charge on any atom is -0.467 e. The summed E-state index contributed by atoms with van der Waals surface area (Å²) in [5.41, 5.74) is 0.0160. The monoisotopic (exact) mass is 443 g/mol. The quantitative estimate of drug-likeness (QED) is 0.235. The molecule has 1 aromatic heterocycles. The number of hydrogen-bond acceptors (Lipinski definition) is 6. The summed E-state index contributed by atoms with van der Waals surface area (Å²) >= 11 is 1.42. The zero-order valence-corrected chi connectivity index (χ0v) is 20.4. The van der Waals surface area contributed by atoms with Crippen LogP contribution < -0.4 is 15.4 Å². The van der Waals surface area contributed by atoms with Crippen molar-refractivity contribution in [3.63, 3.8) is 0 Å². The lowest BCUT2D eigenvalue weighted by atomic mass is 10.1. The van der Waals surface area contributed by atoms with Crippen LogP contribution >= 0.6 is 11.3 Å². The van der Waals surface area contributed by atoms with E-state index in [4.69, 9.17) is 4.74 Å². The van der Waals surface area contributed by atoms with Crippen LogP contribution in [0, 0.1) is 0 Å². The fourth-order valence-corrected chi connectivity index (χ4v) is 3.20. The predicted molar refractivity (Wildman–Crippen MR) is 127 cm³/mol. The molecule has 0 aromatic carbocycles. The van der Waals surface area contributed by atoms with E-state index in [1.54, 1.807) is 6.20 Å². The van der Waals surface area contributed by atoms with Gasteiger partial charge in [-0.05, 0) is 27.2 Å². The van der Waals surface area contributed by atoms with Crippen molar-refractivity contribution in [2.24, 2.45) is 0 Å². The fourth-order valence-electron chi connectivity index (χ4n) is 2.71. The lowest BCUT2D eigenvalue weighted by Gasteiger charge is -2.22. The second-order valence-electron chi connectivity index (χ2n) is 8.65. The molecule has 1 unspecified atom stereocenters. The molecule has 176 valence electrons. The molecule has 1 heterocycles. The van der Waals surface area contributed by atoms with Crippen molar-refractivity contribution in [1.29, 1.82) is 0 Å². The summed E-state index contributed by atoms with van der Waals surface area (Å²) in [6, 6.07) is 0. The summed E-state index contributed by atoms with van der Waals surface area (Å²) < 4.78 is 5.29. The summed E-state index contributed by atoms with van der Waals surface area (Å²) in [7, 11) is 0. The van der Waals surface area contributed by atoms with Gasteiger partial charge in [0.25, 0.3) is 5.19 Å². The largest absolute Gasteiger partial charge is 0.467 e. The molecule has 0 aliphatic heterocycles. The Kier molecular flexibility index (Phi) is 19.0. The van der Waals surface area contributed by atoms with Crippen LogP contribution in [0.3, 0.4) is 0 Å². The lowest BCUT2D eigenvalue weighted by molar-refractivity contribution is -0.109. The lowest BCUT2D eigenvalue weighted by Crippen LogP contribution is -2.42. The molecule has 1 amide bonds. The number of rotatable bonds is 17. The number of thiazole rings is 1. The van der Waals surface area contributed by atoms with E-state index in [0.717, 1.165) is 19.4 Å². The molecule has 1 atom stereocenters. The van der Waals surface area contributed by atoms with E-state index < -0.39 is 6.10 Å². The number of nitrogens with zero attached hydrogens (tertiary/aromatic N) is 1. The number of β-amino-alcohol motifs (C(OH)–C–C–N with tert-alkyl or cyclic N) is 1. The van der Waals surface area contributed by atoms with E-state index in [9.17, 15) is 9.90 Å². The molecule has 1 aromatic rings. The molecule has 0 saturated heterocycles. The molecule has 30 heavy (non-hydrogen) atoms. The highest BCUT2D eigenvalue weighted by atomic mass is 32.1. The molecule has 1 rings (SSSR count). The van der Waals surface area contributed by atoms with Gasteiger partial charge in [0.1, 0.15) is 12.7 Å². The van der Waals surface area contributed by atoms with Crippen LogP contribution in [0.5, 0.6) is 5.19 Å². The number of amides is 1. The number of unbranched alkanes of at least 4 members (excludes halogenated alkanes) is 9. The van der Waals surface area contributed by atoms with Gasteiger partial charge in [0.15, 0.2) is 0 Å². The minimum absolute atomic E-state index is 0.0160. The van der Waals surface area contributed by atoms with Gasteiger partial charge in [-0.3, -0.25) is 4.79 Å². The Labute approximate surface area is 188 Å². The van der Waals surface area contributed by atoms with Crippen LogP contribution in [-0.4, -0.2) is 47.8 Å². The molecule has 6 nitrogen and oxygen atoms in total. The van der Waals surface area contributed by atoms with Crippen molar-refractivity contribution >= 4 is 17.7 Å². The van der Waals surface area contributed by atoms with Crippen LogP contribution in [0.25, 0.3) is 0 Å². The van der Waals surface area contributed by atoms with E-state index in [2.05, 4.69) is 43.3 Å². The first-order valence-electron chi connectivity index (χ1n) is 11.5. The number of carbonyl (C=O) groups is 1. The number of aliphatic hydroxyl groups is 1. The summed E-state index contributed by atoms with van der Waals surface area (Å²) in [6.07, 6.45) is 15.4. The van der Waals surface area contributed by atoms with Gasteiger partial charge in [-0.25, -0.2) is 4.98 Å². The first kappa shape index (κ1) is 28.8. The van der Waals surface area contributed by atoms with Crippen LogP contribution in [0.1, 0.15) is 91.9 Å². The Morgan fingerprint density at radius 2 is 1.70 bits per heavy atom. The predicted octanol–water partition coefficient (Wildman–Crippen LogP) is 4.92. The third kappa shape index (κ3) is 21.5. The van der Waals surface area contributed by atoms with Gasteiger partial charge in [-0.15, -0.1) is 0 Å². The zero-order valence-electron chi connectivity index (χ0n) is 19.6. The molecule has 3 N–H and O–H groups in total. The van der Waals surface area contributed by atoms with E-state index in [0.29, 0.717) is 11.7 Å². The van der Waals surface area contributed by atoms with E-state index in [1.165, 1.54) is 69.1 Å². The van der Waals surface area contributed by atoms with Crippen LogP contribution in [0.4, 0.5) is 0 Å². The van der Waals surface area contributed by atoms with Crippen molar-refractivity contribution < 1.29 is 14.6 Å². The van der Waals surface area contributed by atoms with Gasteiger partial charge in [0.2, 0.25) is 6.41 Å². The third-order valence-corrected chi connectivity index (χ3v) is 5.12. The highest BCUT2D eigenvalue weighted by Gasteiger charge is 2.12. The number of carbonyl (C=O) groups excluding carboxylic acids is 1. The SMILES string of the molecule is CC(C)(C)NCC(O)COc1nccs1.CCCCCCCCCCCCNC=O. The first-order valence-corrected chi connectivity index (χ1v) is 12.4. The summed E-state index contributed by atoms with van der Waals surface area (Å²) in [5, 5.41) is 17.9. The molecule has 0 fully saturated rings. The third-order valence-electron chi connectivity index (χ3n) is 4.43. The standard InChI is InChI=1S/C13H27NO.C10H18N2O2S/c1-2-3-4-5-6-7-8-9-10-11-12-14-13-15;1-10(2,3)12-6-8(13)7-14-9-11-4-5-15-9/h13H,2-12H2,1H3,(H,14,15);4-5,8,12-13H,6-7H2,1-3H3. The average Bonchev–Trinajstić information content (AvgIpc) is 3.23. The van der Waals surface area contributed by atoms with Crippen molar-refractivity contribution in [3.8, 4) is 5.19 Å². The molecular weight excluding hydrogens is 398 g/mol. The molecule has 0 radical (unpaired) electrons. The van der Waals surface area contributed by atoms with Crippen LogP contribution in [-0.2, 0) is 4.79 Å². The summed E-state index contributed by atoms with van der Waals surface area (Å²) in [4.78, 5) is 13.9. The molecule has 0 aliphatic rings. The fraction of sp³-hybridized carbons (Fsp3) is 0.826. The average molecular weight is 444 g/mol. The highest BCUT2D eigenvalue weighted by molar-refractivity contribution is 7.11. The number of hydrogen-bond donors (Lipinski definition) is 3. The van der Waals surface area contributed by atoms with Crippen molar-refractivity contribution in [2.45, 2.75) is 104 Å². The molecule has 7 heteroatoms. The number of nitrogens with one attached hydrogen (secondary N) is 2. The number of aromatic nitrogens is 1. The topological polar surface area (TPSA) is 83.5 Å². The molecule has 0 spiro atoms. The first-order chi connectivity index (χ1) is 14.4. The molecular formula is C23H45N3O3S. The normalized spacial score (nSPS) is 12.0. The van der Waals surface area contributed by atoms with Gasteiger partial charge in [-0.2, -0.15) is 0 Å². The molecule has 0 bridgehead atoms. The summed E-state index contributed by atoms with van der Waals surface area (Å²) in [6.45, 7) is 10.1. The summed E-state index contributed by atoms with van der Waals surface area (Å²) in [5.74, 6) is 0.